The summed E-state index contributed by atoms with van der Waals surface area (Å²) in [7, 11) is 0. The molecule has 1 atom stereocenters. The summed E-state index contributed by atoms with van der Waals surface area (Å²) in [6.45, 7) is 6.75. The van der Waals surface area contributed by atoms with Crippen molar-refractivity contribution >= 4 is 44.0 Å². The van der Waals surface area contributed by atoms with Crippen LogP contribution in [0.4, 0.5) is 0 Å². The Hall–Kier alpha value is -3.75. The summed E-state index contributed by atoms with van der Waals surface area (Å²) in [5.41, 5.74) is 2.33. The van der Waals surface area contributed by atoms with Gasteiger partial charge >= 0.3 is 0 Å². The maximum Gasteiger partial charge on any atom is 0.263 e. The molecule has 1 aliphatic rings. The summed E-state index contributed by atoms with van der Waals surface area (Å²) in [4.78, 5) is 33.0. The summed E-state index contributed by atoms with van der Waals surface area (Å²) < 4.78 is 13.1. The van der Waals surface area contributed by atoms with Gasteiger partial charge in [0.2, 0.25) is 0 Å². The van der Waals surface area contributed by atoms with Gasteiger partial charge in [-0.1, -0.05) is 18.2 Å². The van der Waals surface area contributed by atoms with Crippen molar-refractivity contribution in [3.8, 4) is 5.75 Å². The lowest BCUT2D eigenvalue weighted by atomic mass is 10.1. The van der Waals surface area contributed by atoms with Crippen LogP contribution in [0, 0.1) is 0 Å². The van der Waals surface area contributed by atoms with E-state index in [4.69, 9.17) is 9.47 Å². The first kappa shape index (κ1) is 22.7. The number of hydrogen-bond acceptors (Lipinski definition) is 6. The SMILES string of the molecule is C[C@@H](Oc1ccc2c(c1)c1ccnc3c4ccccc4c(=O)n2c13)C(=O)NCCCN1CCOCC1. The number of carbonyl (C=O) groups excluding carboxylic acids is 1. The van der Waals surface area contributed by atoms with Crippen molar-refractivity contribution in [2.45, 2.75) is 19.4 Å². The monoisotopic (exact) mass is 484 g/mol. The second kappa shape index (κ2) is 9.37. The first-order valence-electron chi connectivity index (χ1n) is 12.4. The van der Waals surface area contributed by atoms with E-state index in [0.717, 1.165) is 72.0 Å². The summed E-state index contributed by atoms with van der Waals surface area (Å²) in [6.07, 6.45) is 2.02. The molecular weight excluding hydrogens is 456 g/mol. The van der Waals surface area contributed by atoms with Crippen molar-refractivity contribution in [1.82, 2.24) is 19.6 Å². The number of fused-ring (bicyclic) bond motifs is 5. The number of rotatable bonds is 7. The van der Waals surface area contributed by atoms with E-state index in [0.29, 0.717) is 17.7 Å². The zero-order valence-corrected chi connectivity index (χ0v) is 20.2. The molecule has 1 fully saturated rings. The molecule has 0 unspecified atom stereocenters. The zero-order valence-electron chi connectivity index (χ0n) is 20.2. The van der Waals surface area contributed by atoms with Gasteiger partial charge in [0.05, 0.1) is 29.8 Å². The Balaban J connectivity index is 1.23. The molecule has 1 saturated heterocycles. The number of nitrogens with one attached hydrogen (secondary N) is 1. The lowest BCUT2D eigenvalue weighted by molar-refractivity contribution is -0.127. The molecule has 184 valence electrons. The molecule has 3 aromatic heterocycles. The van der Waals surface area contributed by atoms with Gasteiger partial charge in [-0.25, -0.2) is 0 Å². The van der Waals surface area contributed by atoms with Crippen molar-refractivity contribution in [3.05, 3.63) is 65.1 Å². The highest BCUT2D eigenvalue weighted by molar-refractivity contribution is 6.18. The first-order valence-corrected chi connectivity index (χ1v) is 12.4. The Kier molecular flexibility index (Phi) is 5.91. The summed E-state index contributed by atoms with van der Waals surface area (Å²) >= 11 is 0. The molecule has 1 aliphatic heterocycles. The van der Waals surface area contributed by atoms with Gasteiger partial charge in [0.1, 0.15) is 5.75 Å². The highest BCUT2D eigenvalue weighted by Crippen LogP contribution is 2.34. The van der Waals surface area contributed by atoms with Gasteiger partial charge in [0, 0.05) is 47.4 Å². The topological polar surface area (TPSA) is 85.2 Å². The maximum absolute atomic E-state index is 13.4. The van der Waals surface area contributed by atoms with Crippen LogP contribution in [-0.2, 0) is 9.53 Å². The van der Waals surface area contributed by atoms with Crippen molar-refractivity contribution in [2.75, 3.05) is 39.4 Å². The van der Waals surface area contributed by atoms with E-state index in [1.807, 2.05) is 48.5 Å². The first-order chi connectivity index (χ1) is 17.6. The van der Waals surface area contributed by atoms with E-state index in [-0.39, 0.29) is 11.5 Å². The summed E-state index contributed by atoms with van der Waals surface area (Å²) in [5.74, 6) is 0.439. The molecule has 8 heteroatoms. The maximum atomic E-state index is 13.4. The van der Waals surface area contributed by atoms with Crippen LogP contribution in [0.1, 0.15) is 13.3 Å². The van der Waals surface area contributed by atoms with Crippen molar-refractivity contribution in [2.24, 2.45) is 0 Å². The molecule has 0 aliphatic carbocycles. The fourth-order valence-electron chi connectivity index (χ4n) is 5.16. The van der Waals surface area contributed by atoms with Crippen molar-refractivity contribution in [3.63, 3.8) is 0 Å². The predicted molar refractivity (Wildman–Crippen MR) is 140 cm³/mol. The van der Waals surface area contributed by atoms with Gasteiger partial charge in [-0.05, 0) is 50.2 Å². The minimum atomic E-state index is -0.641. The van der Waals surface area contributed by atoms with E-state index in [1.54, 1.807) is 17.5 Å². The molecule has 1 amide bonds. The van der Waals surface area contributed by atoms with E-state index >= 15 is 0 Å². The Labute approximate surface area is 207 Å². The number of nitrogens with zero attached hydrogens (tertiary/aromatic N) is 3. The van der Waals surface area contributed by atoms with Crippen LogP contribution in [0.15, 0.2) is 59.5 Å². The Morgan fingerprint density at radius 1 is 1.08 bits per heavy atom. The lowest BCUT2D eigenvalue weighted by Gasteiger charge is -2.26. The molecular formula is C28H28N4O4. The van der Waals surface area contributed by atoms with Gasteiger partial charge in [-0.2, -0.15) is 0 Å². The minimum Gasteiger partial charge on any atom is -0.481 e. The molecule has 4 heterocycles. The molecule has 1 N–H and O–H groups in total. The standard InChI is InChI=1S/C28H28N4O4/c1-18(27(33)30-10-4-12-31-13-15-35-16-14-31)36-19-7-8-24-23(17-19)21-9-11-29-25-20-5-2-3-6-22(20)28(34)32(24)26(21)25/h2-3,5-9,11,17-18H,4,10,12-16H2,1H3,(H,30,33)/t18-/m1/s1. The van der Waals surface area contributed by atoms with E-state index in [1.165, 1.54) is 0 Å². The third-order valence-corrected chi connectivity index (χ3v) is 7.00. The van der Waals surface area contributed by atoms with Gasteiger partial charge in [0.15, 0.2) is 6.10 Å². The molecule has 5 aromatic rings. The van der Waals surface area contributed by atoms with Gasteiger partial charge in [-0.15, -0.1) is 0 Å². The van der Waals surface area contributed by atoms with Crippen molar-refractivity contribution in [1.29, 1.82) is 0 Å². The van der Waals surface area contributed by atoms with Crippen LogP contribution in [0.25, 0.3) is 38.1 Å². The largest absolute Gasteiger partial charge is 0.481 e. The number of carbonyl (C=O) groups is 1. The van der Waals surface area contributed by atoms with Crippen LogP contribution < -0.4 is 15.6 Å². The van der Waals surface area contributed by atoms with Crippen LogP contribution in [0.5, 0.6) is 5.75 Å². The lowest BCUT2D eigenvalue weighted by Crippen LogP contribution is -2.40. The predicted octanol–water partition coefficient (Wildman–Crippen LogP) is 3.20. The Morgan fingerprint density at radius 3 is 2.72 bits per heavy atom. The highest BCUT2D eigenvalue weighted by atomic mass is 16.5. The number of morpholine rings is 1. The van der Waals surface area contributed by atoms with Gasteiger partial charge < -0.3 is 14.8 Å². The Bertz CT molecular complexity index is 1620. The molecule has 0 radical (unpaired) electrons. The quantitative estimate of drug-likeness (QED) is 0.282. The second-order valence-electron chi connectivity index (χ2n) is 9.28. The fraction of sp³-hybridized carbons (Fsp3) is 0.321. The van der Waals surface area contributed by atoms with Crippen molar-refractivity contribution < 1.29 is 14.3 Å². The molecule has 0 spiro atoms. The van der Waals surface area contributed by atoms with Crippen LogP contribution in [-0.4, -0.2) is 65.7 Å². The third kappa shape index (κ3) is 3.92. The number of benzene rings is 2. The molecule has 6 rings (SSSR count). The van der Waals surface area contributed by atoms with Crippen LogP contribution >= 0.6 is 0 Å². The average Bonchev–Trinajstić information content (AvgIpc) is 3.25. The van der Waals surface area contributed by atoms with E-state index in [2.05, 4.69) is 15.2 Å². The number of hydrogen-bond donors (Lipinski definition) is 1. The van der Waals surface area contributed by atoms with Gasteiger partial charge in [-0.3, -0.25) is 23.9 Å². The Morgan fingerprint density at radius 2 is 1.89 bits per heavy atom. The van der Waals surface area contributed by atoms with Crippen LogP contribution in [0.2, 0.25) is 0 Å². The number of aromatic nitrogens is 2. The normalized spacial score (nSPS) is 15.7. The van der Waals surface area contributed by atoms with Gasteiger partial charge in [0.25, 0.3) is 11.5 Å². The molecule has 0 saturated carbocycles. The van der Waals surface area contributed by atoms with E-state index < -0.39 is 6.10 Å². The zero-order chi connectivity index (χ0) is 24.6. The minimum absolute atomic E-state index is 0.0652. The summed E-state index contributed by atoms with van der Waals surface area (Å²) in [6, 6.07) is 15.1. The summed E-state index contributed by atoms with van der Waals surface area (Å²) in [5, 5.41) is 6.29. The number of ether oxygens (including phenoxy) is 2. The average molecular weight is 485 g/mol. The van der Waals surface area contributed by atoms with E-state index in [9.17, 15) is 9.59 Å². The van der Waals surface area contributed by atoms with Crippen LogP contribution in [0.3, 0.4) is 0 Å². The number of pyridine rings is 2. The highest BCUT2D eigenvalue weighted by Gasteiger charge is 2.20. The molecule has 36 heavy (non-hydrogen) atoms. The third-order valence-electron chi connectivity index (χ3n) is 7.00. The second-order valence-corrected chi connectivity index (χ2v) is 9.28. The fourth-order valence-corrected chi connectivity index (χ4v) is 5.16. The molecule has 2 aromatic carbocycles. The smallest absolute Gasteiger partial charge is 0.263 e. The molecule has 0 bridgehead atoms. The number of amides is 1. The molecule has 8 nitrogen and oxygen atoms in total.